The van der Waals surface area contributed by atoms with Crippen LogP contribution in [0.1, 0.15) is 56.8 Å². The smallest absolute Gasteiger partial charge is 0.0726 e. The zero-order chi connectivity index (χ0) is 41.4. The van der Waals surface area contributed by atoms with Gasteiger partial charge in [0, 0.05) is 22.4 Å². The zero-order valence-corrected chi connectivity index (χ0v) is 29.3. The minimum Gasteiger partial charge on any atom is -0.310 e. The second-order valence-electron chi connectivity index (χ2n) is 14.7. The summed E-state index contributed by atoms with van der Waals surface area (Å²) in [6, 6.07) is 48.7. The Morgan fingerprint density at radius 3 is 1.64 bits per heavy atom. The van der Waals surface area contributed by atoms with Crippen LogP contribution < -0.4 is 4.90 Å². The lowest BCUT2D eigenvalue weighted by Crippen LogP contribution is -2.26. The van der Waals surface area contributed by atoms with Gasteiger partial charge in [0.05, 0.1) is 20.7 Å². The maximum Gasteiger partial charge on any atom is 0.0726 e. The molecule has 0 N–H and O–H groups in total. The predicted molar refractivity (Wildman–Crippen MR) is 220 cm³/mol. The predicted octanol–water partition coefficient (Wildman–Crippen LogP) is 13.5. The molecule has 0 saturated carbocycles. The van der Waals surface area contributed by atoms with Gasteiger partial charge in [0.2, 0.25) is 0 Å². The first-order valence-electron chi connectivity index (χ1n) is 21.6. The van der Waals surface area contributed by atoms with Gasteiger partial charge in [-0.05, 0) is 103 Å². The minimum atomic E-state index is -1.08. The van der Waals surface area contributed by atoms with Crippen LogP contribution in [0.4, 0.5) is 17.1 Å². The number of hydrogen-bond donors (Lipinski definition) is 0. The molecule has 53 heavy (non-hydrogen) atoms. The van der Waals surface area contributed by atoms with Gasteiger partial charge in [-0.15, -0.1) is 0 Å². The molecule has 0 saturated heterocycles. The lowest BCUT2D eigenvalue weighted by atomic mass is 9.70. The summed E-state index contributed by atoms with van der Waals surface area (Å²) < 4.78 is 64.9. The molecule has 0 radical (unpaired) electrons. The van der Waals surface area contributed by atoms with E-state index >= 15 is 0 Å². The standard InChI is InChI=1S/C52H37N/c1-51(2)44-23-11-6-19-38(44)42-30-28-35(32-48(42)51)53(50-27-15-10-18-37(50)34-16-4-3-5-17-34)36-29-31-43-41-22-9-14-26-47(41)52(49(43)33-36)45-24-12-7-20-39(45)40-21-8-13-25-46(40)52/h3-33H,1-2H3/i6D,11D,19D,23D,28D,30D,32D. The third-order valence-electron chi connectivity index (χ3n) is 11.7. The third kappa shape index (κ3) is 4.02. The number of benzene rings is 8. The molecule has 0 unspecified atom stereocenters. The van der Waals surface area contributed by atoms with E-state index in [0.29, 0.717) is 16.8 Å². The van der Waals surface area contributed by atoms with Gasteiger partial charge in [0.1, 0.15) is 0 Å². The molecule has 0 fully saturated rings. The molecular formula is C52H37N. The maximum atomic E-state index is 10.2. The van der Waals surface area contributed by atoms with Crippen molar-refractivity contribution < 1.29 is 9.60 Å². The number of anilines is 3. The molecular weight excluding hydrogens is 639 g/mol. The van der Waals surface area contributed by atoms with Gasteiger partial charge < -0.3 is 4.90 Å². The first-order valence-corrected chi connectivity index (χ1v) is 18.1. The zero-order valence-electron chi connectivity index (χ0n) is 36.3. The Balaban J connectivity index is 1.25. The summed E-state index contributed by atoms with van der Waals surface area (Å²) in [6.07, 6.45) is 0. The Hall–Kier alpha value is -6.44. The lowest BCUT2D eigenvalue weighted by Gasteiger charge is -2.33. The lowest BCUT2D eigenvalue weighted by molar-refractivity contribution is 0.660. The fourth-order valence-corrected chi connectivity index (χ4v) is 9.40. The summed E-state index contributed by atoms with van der Waals surface area (Å²) in [5, 5.41) is 0. The van der Waals surface area contributed by atoms with Crippen LogP contribution in [0.3, 0.4) is 0 Å². The van der Waals surface area contributed by atoms with Crippen molar-refractivity contribution in [2.75, 3.05) is 4.90 Å². The SMILES string of the molecule is [2H]c1c([2H])c([2H])c2c(c1[2H])-c1c([2H])c([2H])c(N(c3ccc4c(c3)C3(c5ccccc5-c5ccccc53)c3ccccc3-4)c3ccccc3-c3ccccc3)c([2H])c1C2(C)C. The summed E-state index contributed by atoms with van der Waals surface area (Å²) in [5.41, 5.74) is 12.2. The summed E-state index contributed by atoms with van der Waals surface area (Å²) in [7, 11) is 0. The van der Waals surface area contributed by atoms with E-state index < -0.39 is 16.9 Å². The van der Waals surface area contributed by atoms with Crippen LogP contribution in [0.2, 0.25) is 0 Å². The second kappa shape index (κ2) is 11.0. The normalized spacial score (nSPS) is 16.4. The van der Waals surface area contributed by atoms with E-state index in [0.717, 1.165) is 33.5 Å². The van der Waals surface area contributed by atoms with E-state index in [2.05, 4.69) is 91.0 Å². The fraction of sp³-hybridized carbons (Fsp3) is 0.0769. The van der Waals surface area contributed by atoms with Crippen LogP contribution in [0.25, 0.3) is 44.5 Å². The average molecular weight is 683 g/mol. The van der Waals surface area contributed by atoms with Crippen LogP contribution >= 0.6 is 0 Å². The molecule has 0 aliphatic heterocycles. The van der Waals surface area contributed by atoms with E-state index in [1.54, 1.807) is 0 Å². The van der Waals surface area contributed by atoms with Gasteiger partial charge in [-0.3, -0.25) is 0 Å². The van der Waals surface area contributed by atoms with E-state index in [4.69, 9.17) is 5.48 Å². The van der Waals surface area contributed by atoms with E-state index in [1.807, 2.05) is 73.3 Å². The van der Waals surface area contributed by atoms with Gasteiger partial charge in [-0.25, -0.2) is 0 Å². The number of nitrogens with zero attached hydrogens (tertiary/aromatic N) is 1. The van der Waals surface area contributed by atoms with Crippen molar-refractivity contribution in [2.24, 2.45) is 0 Å². The number of fused-ring (bicyclic) bond motifs is 13. The van der Waals surface area contributed by atoms with Crippen LogP contribution in [0, 0.1) is 0 Å². The average Bonchev–Trinajstić information content (AvgIpc) is 3.84. The van der Waals surface area contributed by atoms with Crippen LogP contribution in [0.15, 0.2) is 188 Å². The molecule has 0 bridgehead atoms. The minimum absolute atomic E-state index is 0.00183. The van der Waals surface area contributed by atoms with Crippen molar-refractivity contribution in [1.82, 2.24) is 0 Å². The Morgan fingerprint density at radius 2 is 0.962 bits per heavy atom. The van der Waals surface area contributed by atoms with Crippen molar-refractivity contribution in [3.05, 3.63) is 221 Å². The molecule has 0 heterocycles. The molecule has 8 aromatic rings. The van der Waals surface area contributed by atoms with Crippen molar-refractivity contribution >= 4 is 17.1 Å². The highest BCUT2D eigenvalue weighted by molar-refractivity contribution is 5.97. The van der Waals surface area contributed by atoms with Crippen LogP contribution in [-0.4, -0.2) is 0 Å². The van der Waals surface area contributed by atoms with E-state index in [-0.39, 0.29) is 53.1 Å². The molecule has 1 nitrogen and oxygen atoms in total. The highest BCUT2D eigenvalue weighted by atomic mass is 15.1. The van der Waals surface area contributed by atoms with E-state index in [9.17, 15) is 4.11 Å². The summed E-state index contributed by atoms with van der Waals surface area (Å²) in [5.74, 6) is 0. The molecule has 11 rings (SSSR count). The van der Waals surface area contributed by atoms with E-state index in [1.165, 1.54) is 27.8 Å². The third-order valence-corrected chi connectivity index (χ3v) is 11.7. The molecule has 1 heteroatoms. The van der Waals surface area contributed by atoms with Crippen molar-refractivity contribution in [1.29, 1.82) is 0 Å². The Bertz CT molecular complexity index is 3110. The maximum absolute atomic E-state index is 10.2. The van der Waals surface area contributed by atoms with Gasteiger partial charge >= 0.3 is 0 Å². The number of para-hydroxylation sites is 1. The molecule has 250 valence electrons. The van der Waals surface area contributed by atoms with Gasteiger partial charge in [0.15, 0.2) is 0 Å². The molecule has 0 aromatic heterocycles. The molecule has 0 atom stereocenters. The Labute approximate surface area is 321 Å². The van der Waals surface area contributed by atoms with Crippen LogP contribution in [-0.2, 0) is 10.8 Å². The second-order valence-corrected chi connectivity index (χ2v) is 14.7. The molecule has 3 aliphatic carbocycles. The van der Waals surface area contributed by atoms with Gasteiger partial charge in [0.25, 0.3) is 0 Å². The topological polar surface area (TPSA) is 3.24 Å². The molecule has 8 aromatic carbocycles. The summed E-state index contributed by atoms with van der Waals surface area (Å²) in [4.78, 5) is 1.96. The fourth-order valence-electron chi connectivity index (χ4n) is 9.40. The summed E-state index contributed by atoms with van der Waals surface area (Å²) >= 11 is 0. The monoisotopic (exact) mass is 682 g/mol. The molecule has 0 amide bonds. The molecule has 3 aliphatic rings. The Morgan fingerprint density at radius 1 is 0.415 bits per heavy atom. The van der Waals surface area contributed by atoms with Gasteiger partial charge in [-0.2, -0.15) is 0 Å². The first kappa shape index (κ1) is 23.9. The highest BCUT2D eigenvalue weighted by Gasteiger charge is 2.51. The Kier molecular flexibility index (Phi) is 4.98. The van der Waals surface area contributed by atoms with Crippen molar-refractivity contribution in [2.45, 2.75) is 24.7 Å². The largest absolute Gasteiger partial charge is 0.310 e. The highest BCUT2D eigenvalue weighted by Crippen LogP contribution is 2.63. The quantitative estimate of drug-likeness (QED) is 0.179. The van der Waals surface area contributed by atoms with Gasteiger partial charge in [-0.1, -0.05) is 171 Å². The van der Waals surface area contributed by atoms with Crippen molar-refractivity contribution in [3.63, 3.8) is 0 Å². The number of hydrogen-bond acceptors (Lipinski definition) is 1. The summed E-state index contributed by atoms with van der Waals surface area (Å²) in [6.45, 7) is 3.72. The van der Waals surface area contributed by atoms with Crippen LogP contribution in [0.5, 0.6) is 0 Å². The molecule has 1 spiro atoms. The van der Waals surface area contributed by atoms with Crippen molar-refractivity contribution in [3.8, 4) is 44.5 Å². The number of rotatable bonds is 4. The first-order chi connectivity index (χ1) is 29.0.